The lowest BCUT2D eigenvalue weighted by Gasteiger charge is -2.12. The maximum absolute atomic E-state index is 11.7. The third kappa shape index (κ3) is 5.38. The minimum absolute atomic E-state index is 0.0370. The zero-order valence-corrected chi connectivity index (χ0v) is 16.7. The lowest BCUT2D eigenvalue weighted by molar-refractivity contribution is 0.336. The fourth-order valence-electron chi connectivity index (χ4n) is 1.31. The van der Waals surface area contributed by atoms with E-state index in [9.17, 15) is 16.8 Å². The van der Waals surface area contributed by atoms with Crippen LogP contribution in [0.25, 0.3) is 0 Å². The molecule has 0 aliphatic carbocycles. The molecule has 120 valence electrons. The van der Waals surface area contributed by atoms with E-state index in [0.29, 0.717) is 14.7 Å². The Kier molecular flexibility index (Phi) is 6.55. The van der Waals surface area contributed by atoms with Crippen LogP contribution in [-0.2, 0) is 18.9 Å². The number of hydrogen-bond donors (Lipinski definition) is 0. The van der Waals surface area contributed by atoms with Gasteiger partial charge in [-0.15, -0.1) is 0 Å². The van der Waals surface area contributed by atoms with Crippen LogP contribution in [0.5, 0.6) is 5.75 Å². The van der Waals surface area contributed by atoms with E-state index in [0.717, 1.165) is 0 Å². The SMILES string of the molecule is CC(C)S(=O)(=O)CCOc1c(Br)cc(S(=O)(=O)Cl)cc1Br. The molecule has 0 aromatic heterocycles. The van der Waals surface area contributed by atoms with Crippen LogP contribution in [0.3, 0.4) is 0 Å². The van der Waals surface area contributed by atoms with Crippen molar-refractivity contribution < 1.29 is 21.6 Å². The predicted molar refractivity (Wildman–Crippen MR) is 89.3 cm³/mol. The Bertz CT molecular complexity index is 706. The second kappa shape index (κ2) is 7.16. The number of halogens is 3. The summed E-state index contributed by atoms with van der Waals surface area (Å²) in [6.07, 6.45) is 0. The minimum Gasteiger partial charge on any atom is -0.490 e. The van der Waals surface area contributed by atoms with Crippen LogP contribution in [0.4, 0.5) is 0 Å². The van der Waals surface area contributed by atoms with Gasteiger partial charge in [-0.05, 0) is 57.8 Å². The van der Waals surface area contributed by atoms with E-state index in [1.165, 1.54) is 12.1 Å². The van der Waals surface area contributed by atoms with Gasteiger partial charge in [-0.1, -0.05) is 0 Å². The molecule has 0 aliphatic heterocycles. The summed E-state index contributed by atoms with van der Waals surface area (Å²) >= 11 is 6.34. The standard InChI is InChI=1S/C11H13Br2ClO5S2/c1-7(2)20(15,16)4-3-19-11-9(12)5-8(6-10(11)13)21(14,17)18/h5-7H,3-4H2,1-2H3. The van der Waals surface area contributed by atoms with Crippen LogP contribution in [-0.4, -0.2) is 34.4 Å². The number of rotatable bonds is 6. The number of hydrogen-bond acceptors (Lipinski definition) is 5. The summed E-state index contributed by atoms with van der Waals surface area (Å²) in [5.41, 5.74) is 0. The molecule has 0 unspecified atom stereocenters. The molecule has 0 spiro atoms. The largest absolute Gasteiger partial charge is 0.490 e. The molecule has 0 aliphatic rings. The van der Waals surface area contributed by atoms with Crippen molar-refractivity contribution in [1.82, 2.24) is 0 Å². The summed E-state index contributed by atoms with van der Waals surface area (Å²) < 4.78 is 52.0. The third-order valence-electron chi connectivity index (χ3n) is 2.59. The van der Waals surface area contributed by atoms with Gasteiger partial charge in [0.2, 0.25) is 0 Å². The first kappa shape index (κ1) is 19.2. The van der Waals surface area contributed by atoms with Gasteiger partial charge in [0.15, 0.2) is 9.84 Å². The van der Waals surface area contributed by atoms with Crippen molar-refractivity contribution in [1.29, 1.82) is 0 Å². The Labute approximate surface area is 145 Å². The Balaban J connectivity index is 2.92. The first-order valence-electron chi connectivity index (χ1n) is 5.73. The van der Waals surface area contributed by atoms with Crippen LogP contribution >= 0.6 is 42.5 Å². The van der Waals surface area contributed by atoms with E-state index in [1.54, 1.807) is 13.8 Å². The maximum atomic E-state index is 11.7. The topological polar surface area (TPSA) is 77.5 Å². The highest BCUT2D eigenvalue weighted by molar-refractivity contribution is 9.11. The first-order valence-corrected chi connectivity index (χ1v) is 11.3. The Morgan fingerprint density at radius 3 is 2.00 bits per heavy atom. The van der Waals surface area contributed by atoms with Gasteiger partial charge in [-0.2, -0.15) is 0 Å². The van der Waals surface area contributed by atoms with E-state index in [4.69, 9.17) is 15.4 Å². The average Bonchev–Trinajstić information content (AvgIpc) is 2.30. The number of benzene rings is 1. The summed E-state index contributed by atoms with van der Waals surface area (Å²) in [6, 6.07) is 2.58. The zero-order chi connectivity index (χ0) is 16.4. The van der Waals surface area contributed by atoms with E-state index in [-0.39, 0.29) is 17.3 Å². The molecule has 0 heterocycles. The monoisotopic (exact) mass is 482 g/mol. The molecule has 0 atom stereocenters. The van der Waals surface area contributed by atoms with Crippen LogP contribution in [0.1, 0.15) is 13.8 Å². The van der Waals surface area contributed by atoms with Gasteiger partial charge in [-0.25, -0.2) is 16.8 Å². The fourth-order valence-corrected chi connectivity index (χ4v) is 4.60. The van der Waals surface area contributed by atoms with Crippen LogP contribution in [0.2, 0.25) is 0 Å². The van der Waals surface area contributed by atoms with Gasteiger partial charge in [0.25, 0.3) is 9.05 Å². The maximum Gasteiger partial charge on any atom is 0.261 e. The predicted octanol–water partition coefficient (Wildman–Crippen LogP) is 3.34. The third-order valence-corrected chi connectivity index (χ3v) is 7.27. The number of sulfone groups is 1. The van der Waals surface area contributed by atoms with E-state index in [2.05, 4.69) is 31.9 Å². The van der Waals surface area contributed by atoms with Gasteiger partial charge in [0.1, 0.15) is 12.4 Å². The molecule has 1 aromatic carbocycles. The normalized spacial score (nSPS) is 12.7. The van der Waals surface area contributed by atoms with Crippen LogP contribution in [0, 0.1) is 0 Å². The molecule has 0 radical (unpaired) electrons. The van der Waals surface area contributed by atoms with E-state index < -0.39 is 24.1 Å². The van der Waals surface area contributed by atoms with Crippen molar-refractivity contribution in [2.24, 2.45) is 0 Å². The Morgan fingerprint density at radius 1 is 1.14 bits per heavy atom. The molecule has 0 N–H and O–H groups in total. The highest BCUT2D eigenvalue weighted by Gasteiger charge is 2.19. The van der Waals surface area contributed by atoms with Gasteiger partial charge >= 0.3 is 0 Å². The molecule has 0 bridgehead atoms. The molecule has 10 heteroatoms. The van der Waals surface area contributed by atoms with Gasteiger partial charge in [0, 0.05) is 10.7 Å². The summed E-state index contributed by atoms with van der Waals surface area (Å²) in [5, 5.41) is -0.475. The minimum atomic E-state index is -3.86. The zero-order valence-electron chi connectivity index (χ0n) is 11.1. The molecule has 1 aromatic rings. The lowest BCUT2D eigenvalue weighted by Crippen LogP contribution is -2.22. The highest BCUT2D eigenvalue weighted by Crippen LogP contribution is 2.36. The van der Waals surface area contributed by atoms with Crippen molar-refractivity contribution >= 4 is 61.4 Å². The molecule has 21 heavy (non-hydrogen) atoms. The molecular weight excluding hydrogens is 472 g/mol. The van der Waals surface area contributed by atoms with E-state index >= 15 is 0 Å². The molecule has 5 nitrogen and oxygen atoms in total. The van der Waals surface area contributed by atoms with Crippen molar-refractivity contribution in [2.45, 2.75) is 24.0 Å². The number of ether oxygens (including phenoxy) is 1. The Hall–Kier alpha value is 0.170. The molecule has 0 amide bonds. The Morgan fingerprint density at radius 2 is 1.62 bits per heavy atom. The van der Waals surface area contributed by atoms with Crippen molar-refractivity contribution in [3.8, 4) is 5.75 Å². The molecule has 0 saturated heterocycles. The summed E-state index contributed by atoms with van der Waals surface area (Å²) in [5.74, 6) is 0.192. The van der Waals surface area contributed by atoms with Gasteiger partial charge in [0.05, 0.1) is 24.8 Å². The van der Waals surface area contributed by atoms with Crippen molar-refractivity contribution in [3.05, 3.63) is 21.1 Å². The van der Waals surface area contributed by atoms with Gasteiger partial charge < -0.3 is 4.74 Å². The summed E-state index contributed by atoms with van der Waals surface area (Å²) in [7, 11) is -1.79. The van der Waals surface area contributed by atoms with Crippen LogP contribution in [0.15, 0.2) is 26.0 Å². The summed E-state index contributed by atoms with van der Waals surface area (Å²) in [6.45, 7) is 3.16. The molecule has 0 fully saturated rings. The van der Waals surface area contributed by atoms with Crippen LogP contribution < -0.4 is 4.74 Å². The molecular formula is C11H13Br2ClO5S2. The molecule has 0 saturated carbocycles. The second-order valence-corrected chi connectivity index (χ2v) is 11.4. The molecule has 1 rings (SSSR count). The fraction of sp³-hybridized carbons (Fsp3) is 0.455. The smallest absolute Gasteiger partial charge is 0.261 e. The van der Waals surface area contributed by atoms with Crippen molar-refractivity contribution in [2.75, 3.05) is 12.4 Å². The second-order valence-electron chi connectivity index (χ2n) is 4.42. The quantitative estimate of drug-likeness (QED) is 0.579. The summed E-state index contributed by atoms with van der Waals surface area (Å²) in [4.78, 5) is -0.0925. The van der Waals surface area contributed by atoms with E-state index in [1.807, 2.05) is 0 Å². The van der Waals surface area contributed by atoms with Crippen molar-refractivity contribution in [3.63, 3.8) is 0 Å². The van der Waals surface area contributed by atoms with Gasteiger partial charge in [-0.3, -0.25) is 0 Å². The lowest BCUT2D eigenvalue weighted by atomic mass is 10.3. The highest BCUT2D eigenvalue weighted by atomic mass is 79.9. The average molecular weight is 485 g/mol. The first-order chi connectivity index (χ1) is 9.45.